The van der Waals surface area contributed by atoms with Gasteiger partial charge < -0.3 is 9.30 Å². The molecule has 0 aromatic carbocycles. The van der Waals surface area contributed by atoms with Gasteiger partial charge in [0.15, 0.2) is 5.82 Å². The highest BCUT2D eigenvalue weighted by molar-refractivity contribution is 5.96. The van der Waals surface area contributed by atoms with Crippen molar-refractivity contribution in [3.63, 3.8) is 0 Å². The lowest BCUT2D eigenvalue weighted by Gasteiger charge is -2.09. The molecule has 1 unspecified atom stereocenters. The zero-order valence-electron chi connectivity index (χ0n) is 8.86. The second kappa shape index (κ2) is 4.91. The van der Waals surface area contributed by atoms with Crippen molar-refractivity contribution in [1.82, 2.24) is 9.55 Å². The van der Waals surface area contributed by atoms with Gasteiger partial charge in [0.2, 0.25) is 5.78 Å². The second-order valence-electron chi connectivity index (χ2n) is 3.19. The summed E-state index contributed by atoms with van der Waals surface area (Å²) in [6.45, 7) is 4.61. The van der Waals surface area contributed by atoms with Gasteiger partial charge in [0, 0.05) is 26.0 Å². The van der Waals surface area contributed by atoms with Gasteiger partial charge in [0.25, 0.3) is 0 Å². The van der Waals surface area contributed by atoms with Crippen molar-refractivity contribution in [2.75, 3.05) is 7.11 Å². The Morgan fingerprint density at radius 3 is 3.00 bits per heavy atom. The first-order valence-electron chi connectivity index (χ1n) is 4.78. The van der Waals surface area contributed by atoms with E-state index in [2.05, 4.69) is 11.9 Å². The second-order valence-corrected chi connectivity index (χ2v) is 3.19. The number of hydrogen-bond acceptors (Lipinski definition) is 3. The number of aromatic nitrogens is 2. The molecule has 0 radical (unpaired) electrons. The topological polar surface area (TPSA) is 44.1 Å². The van der Waals surface area contributed by atoms with Crippen LogP contribution in [0, 0.1) is 0 Å². The quantitative estimate of drug-likeness (QED) is 0.670. The Bertz CT molecular complexity index is 307. The Kier molecular flexibility index (Phi) is 3.83. The van der Waals surface area contributed by atoms with Crippen molar-refractivity contribution >= 4 is 5.78 Å². The standard InChI is InChI=1S/C10H16N2O2/c1-4-6-12-7-5-11-10(12)9(13)8(2)14-3/h5,7-8H,4,6H2,1-3H3. The number of ketones is 1. The lowest BCUT2D eigenvalue weighted by molar-refractivity contribution is 0.0640. The molecule has 0 fully saturated rings. The smallest absolute Gasteiger partial charge is 0.226 e. The number of rotatable bonds is 5. The van der Waals surface area contributed by atoms with Crippen molar-refractivity contribution in [2.45, 2.75) is 32.9 Å². The highest BCUT2D eigenvalue weighted by Crippen LogP contribution is 2.05. The van der Waals surface area contributed by atoms with Gasteiger partial charge in [0.1, 0.15) is 6.10 Å². The van der Waals surface area contributed by atoms with E-state index in [1.807, 2.05) is 10.8 Å². The SMILES string of the molecule is CCCn1ccnc1C(=O)C(C)OC. The number of imidazole rings is 1. The maximum atomic E-state index is 11.7. The van der Waals surface area contributed by atoms with E-state index in [1.165, 1.54) is 7.11 Å². The molecule has 4 nitrogen and oxygen atoms in total. The van der Waals surface area contributed by atoms with E-state index in [4.69, 9.17) is 4.74 Å². The predicted molar refractivity (Wildman–Crippen MR) is 53.3 cm³/mol. The fourth-order valence-electron chi connectivity index (χ4n) is 1.24. The predicted octanol–water partition coefficient (Wildman–Crippen LogP) is 1.51. The van der Waals surface area contributed by atoms with E-state index < -0.39 is 6.10 Å². The number of nitrogens with zero attached hydrogens (tertiary/aromatic N) is 2. The molecule has 0 aliphatic heterocycles. The van der Waals surface area contributed by atoms with E-state index in [9.17, 15) is 4.79 Å². The van der Waals surface area contributed by atoms with E-state index in [0.29, 0.717) is 5.82 Å². The molecule has 1 rings (SSSR count). The molecule has 0 saturated heterocycles. The van der Waals surface area contributed by atoms with Gasteiger partial charge in [-0.25, -0.2) is 4.98 Å². The lowest BCUT2D eigenvalue weighted by atomic mass is 10.2. The Labute approximate surface area is 83.9 Å². The highest BCUT2D eigenvalue weighted by atomic mass is 16.5. The minimum atomic E-state index is -0.423. The average Bonchev–Trinajstić information content (AvgIpc) is 2.64. The largest absolute Gasteiger partial charge is 0.373 e. The van der Waals surface area contributed by atoms with Crippen molar-refractivity contribution in [3.8, 4) is 0 Å². The molecule has 1 aromatic heterocycles. The van der Waals surface area contributed by atoms with Gasteiger partial charge in [-0.3, -0.25) is 4.79 Å². The summed E-state index contributed by atoms with van der Waals surface area (Å²) < 4.78 is 6.82. The molecule has 0 bridgehead atoms. The van der Waals surface area contributed by atoms with E-state index in [1.54, 1.807) is 13.1 Å². The van der Waals surface area contributed by atoms with Crippen molar-refractivity contribution in [3.05, 3.63) is 18.2 Å². The number of methoxy groups -OCH3 is 1. The number of aryl methyl sites for hydroxylation is 1. The lowest BCUT2D eigenvalue weighted by Crippen LogP contribution is -2.23. The third kappa shape index (κ3) is 2.20. The molecule has 1 aromatic rings. The summed E-state index contributed by atoms with van der Waals surface area (Å²) in [5, 5.41) is 0. The van der Waals surface area contributed by atoms with Crippen molar-refractivity contribution < 1.29 is 9.53 Å². The van der Waals surface area contributed by atoms with Crippen LogP contribution >= 0.6 is 0 Å². The number of Topliss-reactive ketones (excluding diaryl/α,β-unsaturated/α-hetero) is 1. The summed E-state index contributed by atoms with van der Waals surface area (Å²) in [5.41, 5.74) is 0. The molecule has 0 amide bonds. The van der Waals surface area contributed by atoms with Crippen LogP contribution in [0.4, 0.5) is 0 Å². The van der Waals surface area contributed by atoms with Crippen LogP contribution in [-0.4, -0.2) is 28.5 Å². The summed E-state index contributed by atoms with van der Waals surface area (Å²) in [6, 6.07) is 0. The Morgan fingerprint density at radius 1 is 1.71 bits per heavy atom. The molecule has 0 saturated carbocycles. The normalized spacial score (nSPS) is 12.8. The van der Waals surface area contributed by atoms with Crippen LogP contribution in [-0.2, 0) is 11.3 Å². The number of hydrogen-bond donors (Lipinski definition) is 0. The summed E-state index contributed by atoms with van der Waals surface area (Å²) >= 11 is 0. The van der Waals surface area contributed by atoms with Crippen molar-refractivity contribution in [1.29, 1.82) is 0 Å². The van der Waals surface area contributed by atoms with Crippen LogP contribution in [0.1, 0.15) is 30.9 Å². The third-order valence-corrected chi connectivity index (χ3v) is 2.12. The maximum absolute atomic E-state index is 11.7. The summed E-state index contributed by atoms with van der Waals surface area (Å²) in [4.78, 5) is 15.8. The molecule has 0 N–H and O–H groups in total. The minimum absolute atomic E-state index is 0.0639. The summed E-state index contributed by atoms with van der Waals surface area (Å²) in [5.74, 6) is 0.423. The van der Waals surface area contributed by atoms with Gasteiger partial charge in [-0.15, -0.1) is 0 Å². The molecular weight excluding hydrogens is 180 g/mol. The van der Waals surface area contributed by atoms with E-state index >= 15 is 0 Å². The Morgan fingerprint density at radius 2 is 2.43 bits per heavy atom. The van der Waals surface area contributed by atoms with Crippen LogP contribution in [0.3, 0.4) is 0 Å². The summed E-state index contributed by atoms with van der Waals surface area (Å²) in [7, 11) is 1.52. The molecule has 14 heavy (non-hydrogen) atoms. The minimum Gasteiger partial charge on any atom is -0.373 e. The summed E-state index contributed by atoms with van der Waals surface area (Å²) in [6.07, 6.45) is 4.02. The van der Waals surface area contributed by atoms with E-state index in [0.717, 1.165) is 13.0 Å². The Hall–Kier alpha value is -1.16. The van der Waals surface area contributed by atoms with Gasteiger partial charge in [-0.1, -0.05) is 6.92 Å². The van der Waals surface area contributed by atoms with Crippen LogP contribution in [0.2, 0.25) is 0 Å². The van der Waals surface area contributed by atoms with Crippen molar-refractivity contribution in [2.24, 2.45) is 0 Å². The number of carbonyl (C=O) groups is 1. The molecule has 4 heteroatoms. The first-order valence-corrected chi connectivity index (χ1v) is 4.78. The molecule has 1 atom stereocenters. The van der Waals surface area contributed by atoms with Gasteiger partial charge in [0.05, 0.1) is 0 Å². The number of carbonyl (C=O) groups excluding carboxylic acids is 1. The molecule has 78 valence electrons. The molecular formula is C10H16N2O2. The van der Waals surface area contributed by atoms with Crippen LogP contribution < -0.4 is 0 Å². The molecule has 0 aliphatic rings. The highest BCUT2D eigenvalue weighted by Gasteiger charge is 2.18. The van der Waals surface area contributed by atoms with E-state index in [-0.39, 0.29) is 5.78 Å². The zero-order chi connectivity index (χ0) is 10.6. The third-order valence-electron chi connectivity index (χ3n) is 2.12. The molecule has 0 spiro atoms. The van der Waals surface area contributed by atoms with Crippen LogP contribution in [0.5, 0.6) is 0 Å². The van der Waals surface area contributed by atoms with Gasteiger partial charge in [-0.05, 0) is 13.3 Å². The number of ether oxygens (including phenoxy) is 1. The average molecular weight is 196 g/mol. The zero-order valence-corrected chi connectivity index (χ0v) is 8.86. The molecule has 1 heterocycles. The monoisotopic (exact) mass is 196 g/mol. The fraction of sp³-hybridized carbons (Fsp3) is 0.600. The van der Waals surface area contributed by atoms with Crippen LogP contribution in [0.15, 0.2) is 12.4 Å². The van der Waals surface area contributed by atoms with Crippen LogP contribution in [0.25, 0.3) is 0 Å². The van der Waals surface area contributed by atoms with Gasteiger partial charge >= 0.3 is 0 Å². The molecule has 0 aliphatic carbocycles. The van der Waals surface area contributed by atoms with Gasteiger partial charge in [-0.2, -0.15) is 0 Å². The first-order chi connectivity index (χ1) is 6.70. The maximum Gasteiger partial charge on any atom is 0.226 e. The fourth-order valence-corrected chi connectivity index (χ4v) is 1.24. The first kappa shape index (κ1) is 10.9. The Balaban J connectivity index is 2.83.